The predicted molar refractivity (Wildman–Crippen MR) is 101 cm³/mol. The van der Waals surface area contributed by atoms with E-state index in [0.717, 1.165) is 33.7 Å². The monoisotopic (exact) mass is 370 g/mol. The van der Waals surface area contributed by atoms with Gasteiger partial charge in [-0.25, -0.2) is 4.79 Å². The number of nitrogens with zero attached hydrogens (tertiary/aromatic N) is 1. The molecule has 26 heavy (non-hydrogen) atoms. The Bertz CT molecular complexity index is 860. The lowest BCUT2D eigenvalue weighted by Gasteiger charge is -2.20. The van der Waals surface area contributed by atoms with Crippen LogP contribution in [0.3, 0.4) is 0 Å². The quantitative estimate of drug-likeness (QED) is 0.625. The number of thiophene rings is 1. The second-order valence-electron chi connectivity index (χ2n) is 6.55. The van der Waals surface area contributed by atoms with Gasteiger partial charge < -0.3 is 5.32 Å². The number of ketones is 1. The third-order valence-electron chi connectivity index (χ3n) is 4.85. The first-order valence-electron chi connectivity index (χ1n) is 8.73. The second-order valence-corrected chi connectivity index (χ2v) is 7.49. The van der Waals surface area contributed by atoms with Gasteiger partial charge in [-0.05, 0) is 48.4 Å². The van der Waals surface area contributed by atoms with Gasteiger partial charge in [0.1, 0.15) is 0 Å². The lowest BCUT2D eigenvalue weighted by atomic mass is 9.97. The lowest BCUT2D eigenvalue weighted by Crippen LogP contribution is -2.41. The summed E-state index contributed by atoms with van der Waals surface area (Å²) in [6, 6.07) is 8.96. The van der Waals surface area contributed by atoms with E-state index in [1.54, 1.807) is 6.92 Å². The molecule has 1 atom stereocenters. The molecule has 1 fully saturated rings. The van der Waals surface area contributed by atoms with Crippen LogP contribution in [-0.2, 0) is 23.2 Å². The van der Waals surface area contributed by atoms with Gasteiger partial charge in [-0.15, -0.1) is 11.3 Å². The second kappa shape index (κ2) is 7.03. The van der Waals surface area contributed by atoms with E-state index < -0.39 is 11.6 Å². The van der Waals surface area contributed by atoms with Gasteiger partial charge in [0.2, 0.25) is 0 Å². The van der Waals surface area contributed by atoms with E-state index in [4.69, 9.17) is 0 Å². The fourth-order valence-corrected chi connectivity index (χ4v) is 4.05. The van der Waals surface area contributed by atoms with E-state index in [-0.39, 0.29) is 18.2 Å². The Morgan fingerprint density at radius 1 is 1.19 bits per heavy atom. The summed E-state index contributed by atoms with van der Waals surface area (Å²) in [5, 5.41) is 4.59. The molecule has 1 N–H and O–H groups in total. The highest BCUT2D eigenvalue weighted by atomic mass is 32.1. The minimum atomic E-state index is -1.11. The molecule has 1 aromatic heterocycles. The SMILES string of the molecule is CCc1ccc(CC)c(C(=O)CN2C(=O)NC(C)(c3cccs3)C2=O)c1. The van der Waals surface area contributed by atoms with Crippen molar-refractivity contribution in [3.05, 3.63) is 57.3 Å². The highest BCUT2D eigenvalue weighted by molar-refractivity contribution is 7.10. The molecule has 3 rings (SSSR count). The Balaban J connectivity index is 1.86. The van der Waals surface area contributed by atoms with Gasteiger partial charge in [-0.2, -0.15) is 0 Å². The number of Topliss-reactive ketones (excluding diaryl/α,β-unsaturated/α-hetero) is 1. The number of imide groups is 1. The molecule has 0 saturated carbocycles. The van der Waals surface area contributed by atoms with Crippen LogP contribution in [0, 0.1) is 0 Å². The molecule has 5 nitrogen and oxygen atoms in total. The highest BCUT2D eigenvalue weighted by Gasteiger charge is 2.50. The van der Waals surface area contributed by atoms with Gasteiger partial charge in [0, 0.05) is 10.4 Å². The molecule has 1 aromatic carbocycles. The predicted octanol–water partition coefficient (Wildman–Crippen LogP) is 3.52. The maximum absolute atomic E-state index is 12.9. The Morgan fingerprint density at radius 2 is 1.96 bits per heavy atom. The van der Waals surface area contributed by atoms with Crippen molar-refractivity contribution in [3.8, 4) is 0 Å². The number of benzene rings is 1. The van der Waals surface area contributed by atoms with Gasteiger partial charge >= 0.3 is 6.03 Å². The number of aryl methyl sites for hydroxylation is 2. The van der Waals surface area contributed by atoms with Crippen LogP contribution in [0.4, 0.5) is 4.79 Å². The van der Waals surface area contributed by atoms with Crippen molar-refractivity contribution in [2.75, 3.05) is 6.54 Å². The number of amides is 3. The van der Waals surface area contributed by atoms with E-state index in [1.165, 1.54) is 11.3 Å². The summed E-state index contributed by atoms with van der Waals surface area (Å²) in [6.07, 6.45) is 1.54. The summed E-state index contributed by atoms with van der Waals surface area (Å²) >= 11 is 1.41. The molecule has 1 aliphatic rings. The molecule has 1 unspecified atom stereocenters. The highest BCUT2D eigenvalue weighted by Crippen LogP contribution is 2.32. The third kappa shape index (κ3) is 3.05. The summed E-state index contributed by atoms with van der Waals surface area (Å²) in [4.78, 5) is 39.9. The minimum Gasteiger partial charge on any atom is -0.319 e. The zero-order valence-corrected chi connectivity index (χ0v) is 16.0. The normalized spacial score (nSPS) is 19.7. The number of hydrogen-bond donors (Lipinski definition) is 1. The van der Waals surface area contributed by atoms with Gasteiger partial charge in [0.05, 0.1) is 6.54 Å². The topological polar surface area (TPSA) is 66.5 Å². The fourth-order valence-electron chi connectivity index (χ4n) is 3.21. The van der Waals surface area contributed by atoms with Crippen molar-refractivity contribution >= 4 is 29.1 Å². The summed E-state index contributed by atoms with van der Waals surface area (Å²) < 4.78 is 0. The summed E-state index contributed by atoms with van der Waals surface area (Å²) in [6.45, 7) is 5.45. The standard InChI is InChI=1S/C20H22N2O3S/c1-4-13-8-9-14(5-2)15(11-13)16(23)12-22-18(24)20(3,21-19(22)25)17-7-6-10-26-17/h6-11H,4-5,12H2,1-3H3,(H,21,25). The molecule has 136 valence electrons. The molecule has 0 radical (unpaired) electrons. The van der Waals surface area contributed by atoms with Crippen LogP contribution in [0.5, 0.6) is 0 Å². The number of carbonyl (C=O) groups excluding carboxylic acids is 3. The average molecular weight is 370 g/mol. The van der Waals surface area contributed by atoms with Crippen LogP contribution in [0.15, 0.2) is 35.7 Å². The van der Waals surface area contributed by atoms with Crippen LogP contribution in [-0.4, -0.2) is 29.2 Å². The van der Waals surface area contributed by atoms with Crippen molar-refractivity contribution in [1.82, 2.24) is 10.2 Å². The van der Waals surface area contributed by atoms with E-state index in [0.29, 0.717) is 5.56 Å². The molecule has 0 aliphatic carbocycles. The number of urea groups is 1. The first-order valence-corrected chi connectivity index (χ1v) is 9.61. The maximum Gasteiger partial charge on any atom is 0.325 e. The van der Waals surface area contributed by atoms with Gasteiger partial charge in [-0.1, -0.05) is 32.0 Å². The molecule has 2 aromatic rings. The fraction of sp³-hybridized carbons (Fsp3) is 0.350. The molecule has 3 amide bonds. The van der Waals surface area contributed by atoms with E-state index in [9.17, 15) is 14.4 Å². The Kier molecular flexibility index (Phi) is 4.96. The van der Waals surface area contributed by atoms with Gasteiger partial charge in [-0.3, -0.25) is 14.5 Å². The largest absolute Gasteiger partial charge is 0.325 e. The summed E-state index contributed by atoms with van der Waals surface area (Å²) in [5.74, 6) is -0.598. The van der Waals surface area contributed by atoms with E-state index in [2.05, 4.69) is 5.32 Å². The van der Waals surface area contributed by atoms with Gasteiger partial charge in [0.15, 0.2) is 11.3 Å². The van der Waals surface area contributed by atoms with Crippen molar-refractivity contribution in [3.63, 3.8) is 0 Å². The van der Waals surface area contributed by atoms with E-state index >= 15 is 0 Å². The third-order valence-corrected chi connectivity index (χ3v) is 5.95. The number of nitrogens with one attached hydrogen (secondary N) is 1. The number of rotatable bonds is 6. The molecule has 1 saturated heterocycles. The average Bonchev–Trinajstić information content (AvgIpc) is 3.25. The van der Waals surface area contributed by atoms with Crippen LogP contribution >= 0.6 is 11.3 Å². The van der Waals surface area contributed by atoms with Crippen molar-refractivity contribution in [2.45, 2.75) is 39.2 Å². The minimum absolute atomic E-state index is 0.212. The Hall–Kier alpha value is -2.47. The lowest BCUT2D eigenvalue weighted by molar-refractivity contribution is -0.130. The van der Waals surface area contributed by atoms with Crippen molar-refractivity contribution < 1.29 is 14.4 Å². The molecule has 1 aliphatic heterocycles. The first kappa shape index (κ1) is 18.3. The number of carbonyl (C=O) groups is 3. The zero-order chi connectivity index (χ0) is 18.9. The summed E-state index contributed by atoms with van der Waals surface area (Å²) in [7, 11) is 0. The maximum atomic E-state index is 12.9. The Labute approximate surface area is 157 Å². The van der Waals surface area contributed by atoms with Crippen LogP contribution in [0.2, 0.25) is 0 Å². The molecule has 0 bridgehead atoms. The smallest absolute Gasteiger partial charge is 0.319 e. The first-order chi connectivity index (χ1) is 12.4. The molecular formula is C20H22N2O3S. The molecule has 6 heteroatoms. The molecule has 2 heterocycles. The van der Waals surface area contributed by atoms with E-state index in [1.807, 2.05) is 49.6 Å². The zero-order valence-electron chi connectivity index (χ0n) is 15.2. The molecular weight excluding hydrogens is 348 g/mol. The van der Waals surface area contributed by atoms with Crippen LogP contribution in [0.25, 0.3) is 0 Å². The van der Waals surface area contributed by atoms with Crippen LogP contribution in [0.1, 0.15) is 47.1 Å². The summed E-state index contributed by atoms with van der Waals surface area (Å²) in [5.41, 5.74) is 1.48. The van der Waals surface area contributed by atoms with Crippen molar-refractivity contribution in [2.24, 2.45) is 0 Å². The van der Waals surface area contributed by atoms with Crippen LogP contribution < -0.4 is 5.32 Å². The molecule has 0 spiro atoms. The van der Waals surface area contributed by atoms with Gasteiger partial charge in [0.25, 0.3) is 5.91 Å². The van der Waals surface area contributed by atoms with Crippen molar-refractivity contribution in [1.29, 1.82) is 0 Å². The Morgan fingerprint density at radius 3 is 2.58 bits per heavy atom. The number of hydrogen-bond acceptors (Lipinski definition) is 4.